The maximum absolute atomic E-state index is 13.1. The first-order chi connectivity index (χ1) is 18.6. The first-order valence-electron chi connectivity index (χ1n) is 12.0. The summed E-state index contributed by atoms with van der Waals surface area (Å²) >= 11 is 0.995. The molecular formula is C23H31N6O8PS. The predicted molar refractivity (Wildman–Crippen MR) is 143 cm³/mol. The molecule has 39 heavy (non-hydrogen) atoms. The molecule has 0 aliphatic carbocycles. The van der Waals surface area contributed by atoms with Crippen molar-refractivity contribution < 1.29 is 38.3 Å². The number of nitrogens with two attached hydrogens (primary N) is 1. The van der Waals surface area contributed by atoms with Crippen LogP contribution in [0, 0.1) is 0 Å². The molecule has 1 aromatic carbocycles. The summed E-state index contributed by atoms with van der Waals surface area (Å²) in [6.45, 7) is -1.22. The van der Waals surface area contributed by atoms with Crippen molar-refractivity contribution in [2.45, 2.75) is 37.8 Å². The zero-order valence-electron chi connectivity index (χ0n) is 21.6. The Kier molecular flexibility index (Phi) is 9.11. The topological polar surface area (TPSA) is 193 Å². The maximum atomic E-state index is 13.1. The normalized spacial score (nSPS) is 22.3. The van der Waals surface area contributed by atoms with E-state index in [2.05, 4.69) is 20.0 Å². The van der Waals surface area contributed by atoms with E-state index in [0.29, 0.717) is 0 Å². The number of rotatable bonds is 12. The number of nitrogens with zero attached hydrogens (tertiary/aromatic N) is 4. The molecule has 1 saturated heterocycles. The molecule has 0 bridgehead atoms. The first kappa shape index (κ1) is 29.2. The number of anilines is 1. The molecule has 14 nitrogen and oxygen atoms in total. The average Bonchev–Trinajstić information content (AvgIpc) is 3.52. The van der Waals surface area contributed by atoms with E-state index in [1.54, 1.807) is 6.92 Å². The maximum Gasteiger partial charge on any atom is 0.327 e. The van der Waals surface area contributed by atoms with Crippen molar-refractivity contribution in [2.75, 3.05) is 38.4 Å². The van der Waals surface area contributed by atoms with Crippen molar-refractivity contribution in [1.82, 2.24) is 24.6 Å². The number of hydrogen-bond donors (Lipinski definition) is 4. The summed E-state index contributed by atoms with van der Waals surface area (Å²) in [5.41, 5.74) is 5.35. The van der Waals surface area contributed by atoms with Gasteiger partial charge < -0.3 is 34.7 Å². The number of ether oxygens (including phenoxy) is 3. The zero-order chi connectivity index (χ0) is 28.2. The number of carbonyl (C=O) groups excluding carboxylic acids is 1. The van der Waals surface area contributed by atoms with E-state index in [9.17, 15) is 19.6 Å². The minimum Gasteiger partial charge on any atom is -0.479 e. The van der Waals surface area contributed by atoms with Crippen molar-refractivity contribution in [3.63, 3.8) is 0 Å². The first-order valence-corrected chi connectivity index (χ1v) is 15.2. The minimum atomic E-state index is -3.42. The number of hydrogen-bond acceptors (Lipinski definition) is 13. The number of nitrogen functional groups attached to an aromatic ring is 1. The third-order valence-corrected chi connectivity index (χ3v) is 9.97. The monoisotopic (exact) mass is 582 g/mol. The molecule has 0 amide bonds. The molecule has 2 unspecified atom stereocenters. The van der Waals surface area contributed by atoms with Gasteiger partial charge in [-0.05, 0) is 19.4 Å². The number of fused-ring (bicyclic) bond motifs is 1. The summed E-state index contributed by atoms with van der Waals surface area (Å²) in [5.74, 6) is -0.264. The lowest BCUT2D eigenvalue weighted by molar-refractivity contribution is -0.158. The standard InChI is InChI=1S/C23H31N6O8PS/c1-14(15-7-5-4-6-8-15)37-20(31)16-11-39-38(33,28-16)36-10-9-35-21(23(2,32)12-30)29-13-25-17-18(29)26-22(24)27-19(17)34-3/h4-8,13-14,16,21,30,32H,9-12H2,1-3H3,(H,28,33)(H2,24,26,27)/t14-,16?,21+,23+,38?/m0/s1. The molecule has 16 heteroatoms. The van der Waals surface area contributed by atoms with Gasteiger partial charge in [0.05, 0.1) is 33.3 Å². The van der Waals surface area contributed by atoms with Crippen molar-refractivity contribution in [3.8, 4) is 5.88 Å². The van der Waals surface area contributed by atoms with Crippen LogP contribution < -0.4 is 15.6 Å². The second-order valence-corrected chi connectivity index (χ2v) is 13.3. The lowest BCUT2D eigenvalue weighted by Crippen LogP contribution is -2.42. The number of aromatic nitrogens is 4. The minimum absolute atomic E-state index is 0.0829. The lowest BCUT2D eigenvalue weighted by Gasteiger charge is -2.32. The van der Waals surface area contributed by atoms with Gasteiger partial charge in [-0.3, -0.25) is 13.9 Å². The number of esters is 1. The Balaban J connectivity index is 1.36. The molecule has 0 radical (unpaired) electrons. The Morgan fingerprint density at radius 3 is 2.77 bits per heavy atom. The number of carbonyl (C=O) groups is 1. The fourth-order valence-electron chi connectivity index (χ4n) is 3.86. The average molecular weight is 583 g/mol. The Morgan fingerprint density at radius 1 is 1.33 bits per heavy atom. The van der Waals surface area contributed by atoms with Gasteiger partial charge in [0.1, 0.15) is 17.7 Å². The number of methoxy groups -OCH3 is 1. The van der Waals surface area contributed by atoms with E-state index < -0.39 is 43.3 Å². The summed E-state index contributed by atoms with van der Waals surface area (Å²) in [4.78, 5) is 25.0. The van der Waals surface area contributed by atoms with E-state index in [1.165, 1.54) is 24.9 Å². The highest BCUT2D eigenvalue weighted by Crippen LogP contribution is 2.60. The molecule has 212 valence electrons. The molecule has 3 aromatic rings. The van der Waals surface area contributed by atoms with Gasteiger partial charge in [-0.2, -0.15) is 9.97 Å². The lowest BCUT2D eigenvalue weighted by atomic mass is 10.1. The Hall–Kier alpha value is -2.78. The smallest absolute Gasteiger partial charge is 0.327 e. The van der Waals surface area contributed by atoms with Gasteiger partial charge in [-0.15, -0.1) is 0 Å². The number of imidazole rings is 1. The summed E-state index contributed by atoms with van der Waals surface area (Å²) in [6.07, 6.45) is -0.293. The van der Waals surface area contributed by atoms with Gasteiger partial charge in [0.15, 0.2) is 17.4 Å². The van der Waals surface area contributed by atoms with Crippen LogP contribution in [0.4, 0.5) is 5.95 Å². The van der Waals surface area contributed by atoms with Crippen LogP contribution in [0.1, 0.15) is 31.7 Å². The highest BCUT2D eigenvalue weighted by molar-refractivity contribution is 8.56. The third-order valence-electron chi connectivity index (χ3n) is 5.90. The van der Waals surface area contributed by atoms with Crippen LogP contribution in [-0.4, -0.2) is 80.0 Å². The van der Waals surface area contributed by atoms with E-state index in [1.807, 2.05) is 30.3 Å². The predicted octanol–water partition coefficient (Wildman–Crippen LogP) is 1.81. The van der Waals surface area contributed by atoms with Crippen molar-refractivity contribution in [2.24, 2.45) is 0 Å². The van der Waals surface area contributed by atoms with Gasteiger partial charge in [0.25, 0.3) is 0 Å². The molecule has 5 atom stereocenters. The molecule has 1 aliphatic rings. The van der Waals surface area contributed by atoms with Crippen LogP contribution in [0.2, 0.25) is 0 Å². The summed E-state index contributed by atoms with van der Waals surface area (Å²) in [5, 5.41) is 23.4. The summed E-state index contributed by atoms with van der Waals surface area (Å²) in [7, 11) is 1.40. The van der Waals surface area contributed by atoms with Crippen molar-refractivity contribution >= 4 is 41.2 Å². The van der Waals surface area contributed by atoms with Crippen molar-refractivity contribution in [1.29, 1.82) is 0 Å². The molecule has 1 aliphatic heterocycles. The van der Waals surface area contributed by atoms with Crippen molar-refractivity contribution in [3.05, 3.63) is 42.2 Å². The molecule has 2 aromatic heterocycles. The molecule has 1 fully saturated rings. The highest BCUT2D eigenvalue weighted by Gasteiger charge is 2.41. The molecule has 3 heterocycles. The van der Waals surface area contributed by atoms with E-state index >= 15 is 0 Å². The number of aliphatic hydroxyl groups is 2. The largest absolute Gasteiger partial charge is 0.479 e. The fourth-order valence-corrected chi connectivity index (χ4v) is 7.75. The quantitative estimate of drug-likeness (QED) is 0.137. The highest BCUT2D eigenvalue weighted by atomic mass is 32.7. The van der Waals surface area contributed by atoms with E-state index in [-0.39, 0.29) is 42.0 Å². The van der Waals surface area contributed by atoms with Gasteiger partial charge in [0.2, 0.25) is 11.8 Å². The van der Waals surface area contributed by atoms with E-state index in [0.717, 1.165) is 16.9 Å². The molecule has 5 N–H and O–H groups in total. The SMILES string of the molecule is COc1nc(N)nc2c1ncn2[C@H](OCCOP1(=O)NC(C(=O)O[C@@H](C)c2ccccc2)CS1)[C@](C)(O)CO. The van der Waals surface area contributed by atoms with Gasteiger partial charge >= 0.3 is 12.7 Å². The Bertz CT molecular complexity index is 1340. The molecular weight excluding hydrogens is 551 g/mol. The number of aliphatic hydroxyl groups excluding tert-OH is 1. The summed E-state index contributed by atoms with van der Waals surface area (Å²) in [6, 6.07) is 8.50. The van der Waals surface area contributed by atoms with Crippen LogP contribution in [0.15, 0.2) is 36.7 Å². The molecule has 0 saturated carbocycles. The second-order valence-electron chi connectivity index (χ2n) is 8.95. The Morgan fingerprint density at radius 2 is 2.08 bits per heavy atom. The van der Waals surface area contributed by atoms with Crippen LogP contribution in [-0.2, 0) is 23.4 Å². The summed E-state index contributed by atoms with van der Waals surface area (Å²) < 4.78 is 36.6. The van der Waals surface area contributed by atoms with Crippen LogP contribution >= 0.6 is 18.1 Å². The number of benzene rings is 1. The van der Waals surface area contributed by atoms with Crippen LogP contribution in [0.25, 0.3) is 11.2 Å². The molecule has 0 spiro atoms. The van der Waals surface area contributed by atoms with Crippen LogP contribution in [0.5, 0.6) is 5.88 Å². The van der Waals surface area contributed by atoms with Crippen LogP contribution in [0.3, 0.4) is 0 Å². The zero-order valence-corrected chi connectivity index (χ0v) is 23.3. The number of nitrogens with one attached hydrogen (secondary N) is 1. The fraction of sp³-hybridized carbons (Fsp3) is 0.478. The Labute approximate surface area is 228 Å². The van der Waals surface area contributed by atoms with Gasteiger partial charge in [0, 0.05) is 5.75 Å². The van der Waals surface area contributed by atoms with Gasteiger partial charge in [-0.1, -0.05) is 41.7 Å². The van der Waals surface area contributed by atoms with Gasteiger partial charge in [-0.25, -0.2) is 10.1 Å². The second kappa shape index (κ2) is 12.2. The molecule has 4 rings (SSSR count). The van der Waals surface area contributed by atoms with E-state index in [4.69, 9.17) is 24.5 Å². The third kappa shape index (κ3) is 6.69.